The molecule has 3 heteroatoms. The number of aliphatic hydroxyl groups is 1. The second-order valence-electron chi connectivity index (χ2n) is 1.57. The molecule has 0 saturated carbocycles. The summed E-state index contributed by atoms with van der Waals surface area (Å²) in [5.74, 6) is 0. The van der Waals surface area contributed by atoms with E-state index >= 15 is 0 Å². The Bertz CT molecular complexity index is 58.7. The van der Waals surface area contributed by atoms with Gasteiger partial charge >= 0.3 is 0 Å². The van der Waals surface area contributed by atoms with Crippen molar-refractivity contribution in [3.05, 3.63) is 0 Å². The van der Waals surface area contributed by atoms with Crippen LogP contribution in [0.15, 0.2) is 0 Å². The molecule has 2 nitrogen and oxygen atoms in total. The van der Waals surface area contributed by atoms with Crippen LogP contribution in [0.2, 0.25) is 0 Å². The Kier molecular flexibility index (Phi) is 1.52. The summed E-state index contributed by atoms with van der Waals surface area (Å²) in [5.41, 5.74) is 0. The summed E-state index contributed by atoms with van der Waals surface area (Å²) in [6.45, 7) is 0.593. The Morgan fingerprint density at radius 2 is 2.43 bits per heavy atom. The fraction of sp³-hybridized carbons (Fsp3) is 1.00. The molecule has 1 aliphatic heterocycles. The highest BCUT2D eigenvalue weighted by Gasteiger charge is 2.22. The number of hydrogen-bond acceptors (Lipinski definition) is 2. The summed E-state index contributed by atoms with van der Waals surface area (Å²) in [6, 6.07) is 0. The van der Waals surface area contributed by atoms with E-state index in [-0.39, 0.29) is 5.38 Å². The molecule has 1 N–H and O–H groups in total. The van der Waals surface area contributed by atoms with E-state index in [0.717, 1.165) is 6.42 Å². The largest absolute Gasteiger partial charge is 0.367 e. The van der Waals surface area contributed by atoms with Gasteiger partial charge in [-0.3, -0.25) is 0 Å². The second kappa shape index (κ2) is 1.99. The minimum atomic E-state index is -0.721. The molecular formula is C4H7ClO2. The fourth-order valence-corrected chi connectivity index (χ4v) is 0.710. The van der Waals surface area contributed by atoms with E-state index in [9.17, 15) is 0 Å². The third-order valence-electron chi connectivity index (χ3n) is 0.992. The van der Waals surface area contributed by atoms with Crippen molar-refractivity contribution in [2.75, 3.05) is 6.61 Å². The lowest BCUT2D eigenvalue weighted by Crippen LogP contribution is -2.13. The van der Waals surface area contributed by atoms with Crippen LogP contribution in [0.4, 0.5) is 0 Å². The quantitative estimate of drug-likeness (QED) is 0.470. The Balaban J connectivity index is 2.33. The van der Waals surface area contributed by atoms with Gasteiger partial charge in [0.15, 0.2) is 6.29 Å². The third-order valence-corrected chi connectivity index (χ3v) is 1.43. The molecule has 0 aliphatic carbocycles. The lowest BCUT2D eigenvalue weighted by Gasteiger charge is -2.01. The SMILES string of the molecule is O[C@@H]1OCC[C@H]1Cl. The first-order valence-electron chi connectivity index (χ1n) is 2.24. The maximum absolute atomic E-state index is 8.64. The van der Waals surface area contributed by atoms with Crippen LogP contribution in [-0.2, 0) is 4.74 Å². The number of alkyl halides is 1. The summed E-state index contributed by atoms with van der Waals surface area (Å²) < 4.78 is 4.69. The van der Waals surface area contributed by atoms with Crippen LogP contribution >= 0.6 is 11.6 Å². The van der Waals surface area contributed by atoms with Crippen molar-refractivity contribution in [1.82, 2.24) is 0 Å². The molecule has 1 fully saturated rings. The summed E-state index contributed by atoms with van der Waals surface area (Å²) in [7, 11) is 0. The molecule has 0 unspecified atom stereocenters. The van der Waals surface area contributed by atoms with Crippen molar-refractivity contribution in [2.24, 2.45) is 0 Å². The van der Waals surface area contributed by atoms with Gasteiger partial charge in [0.25, 0.3) is 0 Å². The van der Waals surface area contributed by atoms with Crippen molar-refractivity contribution in [1.29, 1.82) is 0 Å². The zero-order valence-electron chi connectivity index (χ0n) is 3.80. The predicted molar refractivity (Wildman–Crippen MR) is 26.2 cm³/mol. The van der Waals surface area contributed by atoms with Crippen LogP contribution in [0.3, 0.4) is 0 Å². The highest BCUT2D eigenvalue weighted by atomic mass is 35.5. The topological polar surface area (TPSA) is 29.5 Å². The maximum atomic E-state index is 8.64. The lowest BCUT2D eigenvalue weighted by atomic mass is 10.4. The van der Waals surface area contributed by atoms with Gasteiger partial charge in [-0.25, -0.2) is 0 Å². The Morgan fingerprint density at radius 1 is 1.71 bits per heavy atom. The molecule has 2 atom stereocenters. The van der Waals surface area contributed by atoms with Gasteiger partial charge in [0.1, 0.15) is 0 Å². The van der Waals surface area contributed by atoms with E-state index in [1.54, 1.807) is 0 Å². The maximum Gasteiger partial charge on any atom is 0.171 e. The Labute approximate surface area is 47.0 Å². The molecule has 0 aromatic rings. The number of rotatable bonds is 0. The number of halogens is 1. The molecule has 0 bridgehead atoms. The molecule has 0 aromatic heterocycles. The summed E-state index contributed by atoms with van der Waals surface area (Å²) in [6.07, 6.45) is 0.0459. The van der Waals surface area contributed by atoms with Crippen LogP contribution in [0.1, 0.15) is 6.42 Å². The van der Waals surface area contributed by atoms with Crippen molar-refractivity contribution in [2.45, 2.75) is 18.1 Å². The highest BCUT2D eigenvalue weighted by molar-refractivity contribution is 6.21. The van der Waals surface area contributed by atoms with Gasteiger partial charge in [-0.05, 0) is 6.42 Å². The zero-order valence-corrected chi connectivity index (χ0v) is 4.56. The van der Waals surface area contributed by atoms with E-state index in [4.69, 9.17) is 16.7 Å². The van der Waals surface area contributed by atoms with E-state index in [2.05, 4.69) is 4.74 Å². The van der Waals surface area contributed by atoms with Gasteiger partial charge in [0, 0.05) is 0 Å². The van der Waals surface area contributed by atoms with Crippen molar-refractivity contribution < 1.29 is 9.84 Å². The Hall–Kier alpha value is 0.210. The minimum absolute atomic E-state index is 0.181. The summed E-state index contributed by atoms with van der Waals surface area (Å²) in [5, 5.41) is 8.46. The second-order valence-corrected chi connectivity index (χ2v) is 2.13. The summed E-state index contributed by atoms with van der Waals surface area (Å²) in [4.78, 5) is 0. The molecule has 0 radical (unpaired) electrons. The van der Waals surface area contributed by atoms with Gasteiger partial charge < -0.3 is 9.84 Å². The van der Waals surface area contributed by atoms with Crippen LogP contribution in [0, 0.1) is 0 Å². The van der Waals surface area contributed by atoms with Crippen LogP contribution < -0.4 is 0 Å². The first-order valence-corrected chi connectivity index (χ1v) is 2.68. The predicted octanol–water partition coefficient (Wildman–Crippen LogP) is 0.333. The van der Waals surface area contributed by atoms with Crippen LogP contribution in [-0.4, -0.2) is 23.4 Å². The fourth-order valence-electron chi connectivity index (χ4n) is 0.548. The lowest BCUT2D eigenvalue weighted by molar-refractivity contribution is -0.0570. The van der Waals surface area contributed by atoms with E-state index in [1.807, 2.05) is 0 Å². The molecule has 0 spiro atoms. The average molecular weight is 123 g/mol. The van der Waals surface area contributed by atoms with Gasteiger partial charge in [-0.15, -0.1) is 11.6 Å². The first kappa shape index (κ1) is 5.35. The molecule has 0 amide bonds. The molecule has 0 aromatic carbocycles. The van der Waals surface area contributed by atoms with Crippen LogP contribution in [0.25, 0.3) is 0 Å². The summed E-state index contributed by atoms with van der Waals surface area (Å²) >= 11 is 5.49. The number of aliphatic hydroxyl groups excluding tert-OH is 1. The van der Waals surface area contributed by atoms with Crippen LogP contribution in [0.5, 0.6) is 0 Å². The number of ether oxygens (including phenoxy) is 1. The van der Waals surface area contributed by atoms with E-state index in [1.165, 1.54) is 0 Å². The molecule has 42 valence electrons. The zero-order chi connectivity index (χ0) is 5.28. The molecule has 7 heavy (non-hydrogen) atoms. The molecule has 1 heterocycles. The molecule has 1 saturated heterocycles. The van der Waals surface area contributed by atoms with Gasteiger partial charge in [-0.1, -0.05) is 0 Å². The number of hydrogen-bond donors (Lipinski definition) is 1. The van der Waals surface area contributed by atoms with Gasteiger partial charge in [0.05, 0.1) is 12.0 Å². The van der Waals surface area contributed by atoms with Crippen molar-refractivity contribution >= 4 is 11.6 Å². The third kappa shape index (κ3) is 1.06. The normalized spacial score (nSPS) is 42.0. The van der Waals surface area contributed by atoms with Gasteiger partial charge in [0.2, 0.25) is 0 Å². The van der Waals surface area contributed by atoms with Crippen molar-refractivity contribution in [3.8, 4) is 0 Å². The Morgan fingerprint density at radius 3 is 2.57 bits per heavy atom. The van der Waals surface area contributed by atoms with E-state index in [0.29, 0.717) is 6.61 Å². The first-order chi connectivity index (χ1) is 3.30. The average Bonchev–Trinajstić information content (AvgIpc) is 1.91. The van der Waals surface area contributed by atoms with E-state index < -0.39 is 6.29 Å². The highest BCUT2D eigenvalue weighted by Crippen LogP contribution is 2.15. The minimum Gasteiger partial charge on any atom is -0.367 e. The van der Waals surface area contributed by atoms with Crippen molar-refractivity contribution in [3.63, 3.8) is 0 Å². The standard InChI is InChI=1S/C4H7ClO2/c5-3-1-2-7-4(3)6/h3-4,6H,1-2H2/t3-,4-/m1/s1. The smallest absolute Gasteiger partial charge is 0.171 e. The molecule has 1 aliphatic rings. The monoisotopic (exact) mass is 122 g/mol. The van der Waals surface area contributed by atoms with Gasteiger partial charge in [-0.2, -0.15) is 0 Å². The molecular weight excluding hydrogens is 115 g/mol. The molecule has 1 rings (SSSR count).